The minimum Gasteiger partial charge on any atom is -0.496 e. The lowest BCUT2D eigenvalue weighted by Gasteiger charge is -2.38. The molecule has 214 valence electrons. The Morgan fingerprint density at radius 1 is 1.24 bits per heavy atom. The van der Waals surface area contributed by atoms with Gasteiger partial charge in [0.2, 0.25) is 11.8 Å². The predicted molar refractivity (Wildman–Crippen MR) is 155 cm³/mol. The summed E-state index contributed by atoms with van der Waals surface area (Å²) in [4.78, 5) is 44.4. The molecule has 1 aromatic heterocycles. The number of amides is 3. The number of rotatable bonds is 6. The van der Waals surface area contributed by atoms with Crippen molar-refractivity contribution < 1.29 is 23.5 Å². The number of primary amides is 1. The van der Waals surface area contributed by atoms with Crippen LogP contribution < -0.4 is 21.1 Å². The zero-order valence-corrected chi connectivity index (χ0v) is 24.0. The molecule has 41 heavy (non-hydrogen) atoms. The van der Waals surface area contributed by atoms with Crippen molar-refractivity contribution in [1.82, 2.24) is 4.98 Å². The van der Waals surface area contributed by atoms with E-state index < -0.39 is 34.9 Å². The van der Waals surface area contributed by atoms with E-state index in [0.29, 0.717) is 29.8 Å². The number of ether oxygens (including phenoxy) is 1. The van der Waals surface area contributed by atoms with E-state index in [4.69, 9.17) is 22.1 Å². The van der Waals surface area contributed by atoms with Crippen LogP contribution in [-0.4, -0.2) is 29.8 Å². The normalized spacial score (nSPS) is 23.3. The van der Waals surface area contributed by atoms with Gasteiger partial charge >= 0.3 is 0 Å². The number of aromatic nitrogens is 1. The van der Waals surface area contributed by atoms with Gasteiger partial charge in [0, 0.05) is 47.2 Å². The van der Waals surface area contributed by atoms with E-state index in [-0.39, 0.29) is 39.1 Å². The number of pyridine rings is 1. The van der Waals surface area contributed by atoms with Crippen molar-refractivity contribution >= 4 is 40.7 Å². The van der Waals surface area contributed by atoms with E-state index >= 15 is 4.39 Å². The first-order chi connectivity index (χ1) is 19.4. The molecule has 8 nitrogen and oxygen atoms in total. The number of hydrogen-bond acceptors (Lipinski definition) is 5. The lowest BCUT2D eigenvalue weighted by molar-refractivity contribution is -0.123. The van der Waals surface area contributed by atoms with Gasteiger partial charge in [-0.1, -0.05) is 44.5 Å². The molecular weight excluding hydrogens is 547 g/mol. The van der Waals surface area contributed by atoms with Gasteiger partial charge in [0.15, 0.2) is 0 Å². The van der Waals surface area contributed by atoms with Crippen LogP contribution in [0.1, 0.15) is 61.0 Å². The Balaban J connectivity index is 1.68. The third-order valence-electron chi connectivity index (χ3n) is 8.21. The first-order valence-electron chi connectivity index (χ1n) is 13.4. The van der Waals surface area contributed by atoms with Gasteiger partial charge in [-0.25, -0.2) is 4.39 Å². The van der Waals surface area contributed by atoms with Crippen LogP contribution in [0.15, 0.2) is 54.9 Å². The second-order valence-corrected chi connectivity index (χ2v) is 12.3. The lowest BCUT2D eigenvalue weighted by atomic mass is 9.62. The van der Waals surface area contributed by atoms with Crippen molar-refractivity contribution in [2.75, 3.05) is 17.7 Å². The third kappa shape index (κ3) is 4.82. The standard InChI is InChI=1S/C31H32ClFN4O4/c1-30(2,3)14-16-12-20(28(39)36-17-8-9-18(27(34)38)24(13-17)41-4)25(19-6-5-7-22(32)26(19)33)31(16)21-15-35-11-10-23(21)37-29(31)40/h5-11,13,15-16,20,25H,12,14H2,1-4H3,(H2,34,38)(H,36,39)(H,37,40)/t16-,20+,25-,31-/m0/s1. The maximum absolute atomic E-state index is 15.9. The molecule has 0 bridgehead atoms. The fraction of sp³-hybridized carbons (Fsp3) is 0.355. The Bertz CT molecular complexity index is 1560. The van der Waals surface area contributed by atoms with Gasteiger partial charge in [-0.15, -0.1) is 0 Å². The van der Waals surface area contributed by atoms with Crippen LogP contribution in [0.3, 0.4) is 0 Å². The Labute approximate surface area is 242 Å². The summed E-state index contributed by atoms with van der Waals surface area (Å²) in [6.45, 7) is 6.23. The van der Waals surface area contributed by atoms with Crippen LogP contribution in [0.2, 0.25) is 5.02 Å². The van der Waals surface area contributed by atoms with Gasteiger partial charge < -0.3 is 21.1 Å². The number of methoxy groups -OCH3 is 1. The second-order valence-electron chi connectivity index (χ2n) is 11.9. The third-order valence-corrected chi connectivity index (χ3v) is 8.50. The van der Waals surface area contributed by atoms with Gasteiger partial charge in [0.25, 0.3) is 5.91 Å². The van der Waals surface area contributed by atoms with Crippen molar-refractivity contribution in [3.05, 3.63) is 82.4 Å². The first-order valence-corrected chi connectivity index (χ1v) is 13.7. The molecule has 0 unspecified atom stereocenters. The topological polar surface area (TPSA) is 123 Å². The van der Waals surface area contributed by atoms with Crippen molar-refractivity contribution in [1.29, 1.82) is 0 Å². The van der Waals surface area contributed by atoms with Crippen LogP contribution in [0.25, 0.3) is 0 Å². The van der Waals surface area contributed by atoms with E-state index in [1.807, 2.05) is 0 Å². The molecule has 1 fully saturated rings. The first kappa shape index (κ1) is 28.5. The fourth-order valence-electron chi connectivity index (χ4n) is 6.77. The largest absolute Gasteiger partial charge is 0.496 e. The van der Waals surface area contributed by atoms with E-state index in [0.717, 1.165) is 0 Å². The Kier molecular flexibility index (Phi) is 7.27. The average Bonchev–Trinajstić information content (AvgIpc) is 3.39. The van der Waals surface area contributed by atoms with Gasteiger partial charge in [-0.05, 0) is 54.0 Å². The Morgan fingerprint density at radius 2 is 2.00 bits per heavy atom. The number of carbonyl (C=O) groups is 3. The van der Waals surface area contributed by atoms with E-state index in [1.54, 1.807) is 36.7 Å². The summed E-state index contributed by atoms with van der Waals surface area (Å²) in [6, 6.07) is 10.9. The SMILES string of the molecule is COc1cc(NC(=O)[C@@H]2C[C@@H](CC(C)(C)C)[C@@]3(C(=O)Nc4ccncc43)[C@H]2c2cccc(Cl)c2F)ccc1C(N)=O. The van der Waals surface area contributed by atoms with Crippen LogP contribution in [0.5, 0.6) is 5.75 Å². The lowest BCUT2D eigenvalue weighted by Crippen LogP contribution is -2.45. The zero-order valence-electron chi connectivity index (χ0n) is 23.3. The minimum absolute atomic E-state index is 0.0901. The Morgan fingerprint density at radius 3 is 2.68 bits per heavy atom. The van der Waals surface area contributed by atoms with Crippen molar-refractivity contribution in [3.8, 4) is 5.75 Å². The Hall–Kier alpha value is -3.98. The summed E-state index contributed by atoms with van der Waals surface area (Å²) >= 11 is 6.26. The van der Waals surface area contributed by atoms with Crippen LogP contribution in [0, 0.1) is 23.1 Å². The highest BCUT2D eigenvalue weighted by Crippen LogP contribution is 2.64. The number of nitrogens with one attached hydrogen (secondary N) is 2. The molecule has 1 saturated carbocycles. The molecule has 2 aromatic carbocycles. The number of benzene rings is 2. The zero-order chi connectivity index (χ0) is 29.7. The molecule has 1 aliphatic heterocycles. The summed E-state index contributed by atoms with van der Waals surface area (Å²) in [6.07, 6.45) is 4.15. The minimum atomic E-state index is -1.27. The summed E-state index contributed by atoms with van der Waals surface area (Å²) < 4.78 is 21.2. The molecule has 5 rings (SSSR count). The molecule has 3 amide bonds. The van der Waals surface area contributed by atoms with Crippen molar-refractivity contribution in [2.45, 2.75) is 44.9 Å². The monoisotopic (exact) mass is 578 g/mol. The van der Waals surface area contributed by atoms with Gasteiger partial charge in [-0.3, -0.25) is 19.4 Å². The van der Waals surface area contributed by atoms with Gasteiger partial charge in [0.05, 0.1) is 23.1 Å². The molecular formula is C31H32ClFN4O4. The van der Waals surface area contributed by atoms with Crippen LogP contribution >= 0.6 is 11.6 Å². The molecule has 1 aliphatic carbocycles. The summed E-state index contributed by atoms with van der Waals surface area (Å²) in [5, 5.41) is 5.82. The maximum atomic E-state index is 15.9. The van der Waals surface area contributed by atoms with Crippen molar-refractivity contribution in [2.24, 2.45) is 23.0 Å². The number of hydrogen-bond donors (Lipinski definition) is 3. The number of anilines is 2. The highest BCUT2D eigenvalue weighted by molar-refractivity contribution is 6.30. The fourth-order valence-corrected chi connectivity index (χ4v) is 6.95. The van der Waals surface area contributed by atoms with Crippen LogP contribution in [-0.2, 0) is 15.0 Å². The molecule has 0 radical (unpaired) electrons. The number of fused-ring (bicyclic) bond motifs is 2. The average molecular weight is 579 g/mol. The predicted octanol–water partition coefficient (Wildman–Crippen LogP) is 5.67. The second kappa shape index (κ2) is 10.4. The molecule has 10 heteroatoms. The van der Waals surface area contributed by atoms with Crippen molar-refractivity contribution in [3.63, 3.8) is 0 Å². The summed E-state index contributed by atoms with van der Waals surface area (Å²) in [5.74, 6) is -3.83. The van der Waals surface area contributed by atoms with Crippen LogP contribution in [0.4, 0.5) is 15.8 Å². The smallest absolute Gasteiger partial charge is 0.252 e. The number of carbonyl (C=O) groups excluding carboxylic acids is 3. The molecule has 0 saturated heterocycles. The quantitative estimate of drug-likeness (QED) is 0.348. The number of nitrogens with zero attached hydrogens (tertiary/aromatic N) is 1. The molecule has 2 heterocycles. The number of nitrogens with two attached hydrogens (primary N) is 1. The maximum Gasteiger partial charge on any atom is 0.252 e. The molecule has 1 spiro atoms. The molecule has 3 aromatic rings. The van der Waals surface area contributed by atoms with Gasteiger partial charge in [-0.2, -0.15) is 0 Å². The molecule has 2 aliphatic rings. The molecule has 4 N–H and O–H groups in total. The van der Waals surface area contributed by atoms with E-state index in [1.165, 1.54) is 25.3 Å². The van der Waals surface area contributed by atoms with E-state index in [9.17, 15) is 14.4 Å². The number of halogens is 2. The highest BCUT2D eigenvalue weighted by atomic mass is 35.5. The summed E-state index contributed by atoms with van der Waals surface area (Å²) in [5.41, 5.74) is 5.95. The van der Waals surface area contributed by atoms with E-state index in [2.05, 4.69) is 36.4 Å². The highest BCUT2D eigenvalue weighted by Gasteiger charge is 2.66. The summed E-state index contributed by atoms with van der Waals surface area (Å²) in [7, 11) is 1.40. The van der Waals surface area contributed by atoms with Gasteiger partial charge in [0.1, 0.15) is 11.6 Å². The molecule has 4 atom stereocenters.